The molecule has 0 radical (unpaired) electrons. The number of aromatic nitrogens is 2. The minimum atomic E-state index is -0.0331. The first kappa shape index (κ1) is 18.9. The maximum absolute atomic E-state index is 12.6. The van der Waals surface area contributed by atoms with Crippen LogP contribution < -0.4 is 0 Å². The number of carbonyl (C=O) groups excluding carboxylic acids is 2. The fourth-order valence-electron chi connectivity index (χ4n) is 3.65. The summed E-state index contributed by atoms with van der Waals surface area (Å²) in [5.74, 6) is -0.0661. The minimum absolute atomic E-state index is 0.0331. The lowest BCUT2D eigenvalue weighted by Gasteiger charge is -2.07. The summed E-state index contributed by atoms with van der Waals surface area (Å²) in [5, 5.41) is 2.11. The summed E-state index contributed by atoms with van der Waals surface area (Å²) in [6.07, 6.45) is 1.07. The number of rotatable bonds is 6. The molecule has 0 aliphatic rings. The van der Waals surface area contributed by atoms with E-state index >= 15 is 0 Å². The van der Waals surface area contributed by atoms with Crippen LogP contribution in [0.3, 0.4) is 0 Å². The van der Waals surface area contributed by atoms with Gasteiger partial charge < -0.3 is 0 Å². The Morgan fingerprint density at radius 1 is 0.690 bits per heavy atom. The summed E-state index contributed by atoms with van der Waals surface area (Å²) in [4.78, 5) is 34.2. The molecule has 0 unspecified atom stereocenters. The van der Waals surface area contributed by atoms with Crippen molar-refractivity contribution in [3.8, 4) is 0 Å². The number of fused-ring (bicyclic) bond motifs is 2. The van der Waals surface area contributed by atoms with Gasteiger partial charge in [-0.15, -0.1) is 0 Å². The number of aryl methyl sites for hydroxylation is 2. The summed E-state index contributed by atoms with van der Waals surface area (Å²) in [5.41, 5.74) is 4.64. The van der Waals surface area contributed by atoms with Crippen molar-refractivity contribution in [2.75, 3.05) is 0 Å². The second-order valence-electron chi connectivity index (χ2n) is 7.38. The molecule has 0 atom stereocenters. The third-order valence-corrected chi connectivity index (χ3v) is 5.23. The Bertz CT molecular complexity index is 1150. The number of para-hydroxylation sites is 2. The quantitative estimate of drug-likeness (QED) is 0.405. The van der Waals surface area contributed by atoms with E-state index in [0.29, 0.717) is 30.7 Å². The fraction of sp³-hybridized carbons (Fsp3) is 0.200. The van der Waals surface area contributed by atoms with Crippen molar-refractivity contribution in [3.05, 3.63) is 83.2 Å². The third kappa shape index (κ3) is 3.92. The Kier molecular flexibility index (Phi) is 5.17. The van der Waals surface area contributed by atoms with Gasteiger partial charge in [0, 0.05) is 23.6 Å². The Labute approximate surface area is 169 Å². The van der Waals surface area contributed by atoms with Crippen molar-refractivity contribution in [1.29, 1.82) is 0 Å². The largest absolute Gasteiger partial charge is 0.292 e. The zero-order valence-corrected chi connectivity index (χ0v) is 16.6. The molecule has 4 nitrogen and oxygen atoms in total. The topological polar surface area (TPSA) is 59.9 Å². The van der Waals surface area contributed by atoms with Crippen LogP contribution in [-0.2, 0) is 0 Å². The molecule has 0 aliphatic carbocycles. The highest BCUT2D eigenvalue weighted by Crippen LogP contribution is 2.20. The van der Waals surface area contributed by atoms with E-state index in [1.165, 1.54) is 0 Å². The smallest absolute Gasteiger partial charge is 0.181 e. The zero-order valence-electron chi connectivity index (χ0n) is 16.6. The van der Waals surface area contributed by atoms with E-state index < -0.39 is 0 Å². The van der Waals surface area contributed by atoms with Gasteiger partial charge in [0.2, 0.25) is 0 Å². The third-order valence-electron chi connectivity index (χ3n) is 5.23. The van der Waals surface area contributed by atoms with Crippen molar-refractivity contribution in [2.45, 2.75) is 33.1 Å². The van der Waals surface area contributed by atoms with Crippen LogP contribution in [0.25, 0.3) is 21.8 Å². The first-order valence-corrected chi connectivity index (χ1v) is 9.82. The highest BCUT2D eigenvalue weighted by molar-refractivity contribution is 5.99. The second-order valence-corrected chi connectivity index (χ2v) is 7.38. The van der Waals surface area contributed by atoms with Gasteiger partial charge in [0.25, 0.3) is 0 Å². The van der Waals surface area contributed by atoms with Gasteiger partial charge in [0.05, 0.1) is 11.0 Å². The number of hydrogen-bond donors (Lipinski definition) is 0. The molecular formula is C25H22N2O2. The van der Waals surface area contributed by atoms with Gasteiger partial charge in [-0.2, -0.15) is 0 Å². The van der Waals surface area contributed by atoms with Gasteiger partial charge in [-0.05, 0) is 55.7 Å². The molecule has 0 bridgehead atoms. The normalized spacial score (nSPS) is 11.1. The standard InChI is InChI=1S/C25H22N2O2/c1-16-14-22(26-20-10-5-3-8-18(16)20)24(28)12-7-13-25(29)23-15-17(2)19-9-4-6-11-21(19)27-23/h3-6,8-11,14-15H,7,12-13H2,1-2H3. The number of nitrogens with zero attached hydrogens (tertiary/aromatic N) is 2. The molecule has 4 aromatic rings. The molecule has 0 saturated heterocycles. The van der Waals surface area contributed by atoms with Crippen molar-refractivity contribution in [1.82, 2.24) is 9.97 Å². The Balaban J connectivity index is 1.43. The Hall–Kier alpha value is -3.40. The molecule has 2 aromatic carbocycles. The van der Waals surface area contributed by atoms with Crippen molar-refractivity contribution < 1.29 is 9.59 Å². The molecule has 29 heavy (non-hydrogen) atoms. The fourth-order valence-corrected chi connectivity index (χ4v) is 3.65. The van der Waals surface area contributed by atoms with Gasteiger partial charge in [-0.1, -0.05) is 36.4 Å². The predicted molar refractivity (Wildman–Crippen MR) is 115 cm³/mol. The summed E-state index contributed by atoms with van der Waals surface area (Å²) in [6.45, 7) is 3.97. The van der Waals surface area contributed by atoms with Gasteiger partial charge in [0.15, 0.2) is 11.6 Å². The van der Waals surface area contributed by atoms with Crippen molar-refractivity contribution >= 4 is 33.4 Å². The molecule has 0 N–H and O–H groups in total. The lowest BCUT2D eigenvalue weighted by Crippen LogP contribution is -2.07. The number of ketones is 2. The van der Waals surface area contributed by atoms with Crippen LogP contribution in [0.15, 0.2) is 60.7 Å². The van der Waals surface area contributed by atoms with Crippen LogP contribution in [0.1, 0.15) is 51.4 Å². The number of hydrogen-bond acceptors (Lipinski definition) is 4. The number of carbonyl (C=O) groups is 2. The van der Waals surface area contributed by atoms with Crippen LogP contribution in [-0.4, -0.2) is 21.5 Å². The summed E-state index contributed by atoms with van der Waals surface area (Å²) in [7, 11) is 0. The average Bonchev–Trinajstić information content (AvgIpc) is 2.73. The number of benzene rings is 2. The lowest BCUT2D eigenvalue weighted by molar-refractivity contribution is 0.0952. The van der Waals surface area contributed by atoms with Crippen molar-refractivity contribution in [2.24, 2.45) is 0 Å². The molecule has 144 valence electrons. The molecule has 0 saturated carbocycles. The van der Waals surface area contributed by atoms with Crippen LogP contribution in [0.2, 0.25) is 0 Å². The summed E-state index contributed by atoms with van der Waals surface area (Å²) < 4.78 is 0. The van der Waals surface area contributed by atoms with E-state index in [4.69, 9.17) is 0 Å². The highest BCUT2D eigenvalue weighted by atomic mass is 16.1. The summed E-state index contributed by atoms with van der Waals surface area (Å²) >= 11 is 0. The first-order chi connectivity index (χ1) is 14.0. The van der Waals surface area contributed by atoms with Crippen molar-refractivity contribution in [3.63, 3.8) is 0 Å². The summed E-state index contributed by atoms with van der Waals surface area (Å²) in [6, 6.07) is 19.3. The van der Waals surface area contributed by atoms with Crippen LogP contribution in [0, 0.1) is 13.8 Å². The second kappa shape index (κ2) is 7.92. The molecular weight excluding hydrogens is 360 g/mol. The highest BCUT2D eigenvalue weighted by Gasteiger charge is 2.14. The number of Topliss-reactive ketones (excluding diaryl/α,β-unsaturated/α-hetero) is 2. The van der Waals surface area contributed by atoms with Gasteiger partial charge in [-0.25, -0.2) is 9.97 Å². The molecule has 0 aliphatic heterocycles. The van der Waals surface area contributed by atoms with Gasteiger partial charge in [0.1, 0.15) is 11.4 Å². The van der Waals surface area contributed by atoms with E-state index in [2.05, 4.69) is 9.97 Å². The lowest BCUT2D eigenvalue weighted by atomic mass is 10.0. The van der Waals surface area contributed by atoms with E-state index in [0.717, 1.165) is 32.9 Å². The van der Waals surface area contributed by atoms with E-state index in [1.807, 2.05) is 74.5 Å². The van der Waals surface area contributed by atoms with E-state index in [9.17, 15) is 9.59 Å². The molecule has 0 fully saturated rings. The Morgan fingerprint density at radius 3 is 1.55 bits per heavy atom. The molecule has 0 amide bonds. The van der Waals surface area contributed by atoms with Crippen LogP contribution >= 0.6 is 0 Å². The van der Waals surface area contributed by atoms with E-state index in [1.54, 1.807) is 0 Å². The molecule has 4 rings (SSSR count). The maximum Gasteiger partial charge on any atom is 0.181 e. The zero-order chi connectivity index (χ0) is 20.4. The molecule has 2 heterocycles. The maximum atomic E-state index is 12.6. The van der Waals surface area contributed by atoms with Gasteiger partial charge >= 0.3 is 0 Å². The van der Waals surface area contributed by atoms with Gasteiger partial charge in [-0.3, -0.25) is 9.59 Å². The van der Waals surface area contributed by atoms with Crippen LogP contribution in [0.4, 0.5) is 0 Å². The van der Waals surface area contributed by atoms with E-state index in [-0.39, 0.29) is 11.6 Å². The monoisotopic (exact) mass is 382 g/mol. The first-order valence-electron chi connectivity index (χ1n) is 9.82. The molecule has 0 spiro atoms. The Morgan fingerprint density at radius 2 is 1.10 bits per heavy atom. The van der Waals surface area contributed by atoms with Crippen LogP contribution in [0.5, 0.6) is 0 Å². The minimum Gasteiger partial charge on any atom is -0.292 e. The SMILES string of the molecule is Cc1cc(C(=O)CCCC(=O)c2cc(C)c3ccccc3n2)nc2ccccc12. The molecule has 4 heteroatoms. The average molecular weight is 382 g/mol. The number of pyridine rings is 2. The predicted octanol–water partition coefficient (Wildman–Crippen LogP) is 5.64. The molecule has 2 aromatic heterocycles.